The van der Waals surface area contributed by atoms with Crippen LogP contribution in [-0.2, 0) is 20.9 Å². The second-order valence-electron chi connectivity index (χ2n) is 6.86. The molecule has 0 unspecified atom stereocenters. The molecule has 0 atom stereocenters. The van der Waals surface area contributed by atoms with Crippen LogP contribution in [0.2, 0.25) is 0 Å². The van der Waals surface area contributed by atoms with Gasteiger partial charge in [-0.2, -0.15) is 4.99 Å². The predicted octanol–water partition coefficient (Wildman–Crippen LogP) is 2.00. The number of esters is 1. The van der Waals surface area contributed by atoms with Gasteiger partial charge in [0.05, 0.1) is 35.1 Å². The van der Waals surface area contributed by atoms with Crippen LogP contribution in [0.1, 0.15) is 27.6 Å². The Morgan fingerprint density at radius 3 is 2.34 bits per heavy atom. The van der Waals surface area contributed by atoms with Crippen molar-refractivity contribution in [2.45, 2.75) is 13.5 Å². The van der Waals surface area contributed by atoms with Gasteiger partial charge in [-0.3, -0.25) is 24.1 Å². The van der Waals surface area contributed by atoms with Gasteiger partial charge in [-0.15, -0.1) is 0 Å². The lowest BCUT2D eigenvalue weighted by molar-refractivity contribution is -0.143. The molecule has 10 heteroatoms. The van der Waals surface area contributed by atoms with Crippen molar-refractivity contribution in [3.05, 3.63) is 58.4 Å². The fraction of sp³-hybridized carbons (Fsp3) is 0.227. The first-order valence-electron chi connectivity index (χ1n) is 9.78. The lowest BCUT2D eigenvalue weighted by atomic mass is 10.1. The minimum atomic E-state index is -0.685. The van der Waals surface area contributed by atoms with Crippen molar-refractivity contribution in [3.63, 3.8) is 0 Å². The van der Waals surface area contributed by atoms with E-state index in [2.05, 4.69) is 4.99 Å². The summed E-state index contributed by atoms with van der Waals surface area (Å²) in [7, 11) is 1.54. The van der Waals surface area contributed by atoms with E-state index in [-0.39, 0.29) is 29.1 Å². The van der Waals surface area contributed by atoms with Crippen molar-refractivity contribution in [3.8, 4) is 5.75 Å². The number of methoxy groups -OCH3 is 1. The number of amides is 3. The number of hydrogen-bond donors (Lipinski definition) is 0. The maximum Gasteiger partial charge on any atom is 0.326 e. The molecule has 0 saturated carbocycles. The largest absolute Gasteiger partial charge is 0.497 e. The van der Waals surface area contributed by atoms with E-state index in [9.17, 15) is 19.2 Å². The Kier molecular flexibility index (Phi) is 5.87. The summed E-state index contributed by atoms with van der Waals surface area (Å²) in [6.07, 6.45) is 0. The third-order valence-corrected chi connectivity index (χ3v) is 5.92. The molecule has 3 aromatic rings. The quantitative estimate of drug-likeness (QED) is 0.417. The number of carbonyl (C=O) groups excluding carboxylic acids is 4. The van der Waals surface area contributed by atoms with Crippen LogP contribution in [0.15, 0.2) is 47.5 Å². The lowest BCUT2D eigenvalue weighted by Gasteiger charge is -2.10. The van der Waals surface area contributed by atoms with Gasteiger partial charge in [-0.05, 0) is 37.3 Å². The van der Waals surface area contributed by atoms with Gasteiger partial charge in [0.25, 0.3) is 17.7 Å². The monoisotopic (exact) mass is 453 g/mol. The van der Waals surface area contributed by atoms with Gasteiger partial charge in [0.15, 0.2) is 4.80 Å². The van der Waals surface area contributed by atoms with Crippen molar-refractivity contribution in [2.75, 3.05) is 20.3 Å². The van der Waals surface area contributed by atoms with Crippen LogP contribution >= 0.6 is 11.3 Å². The Morgan fingerprint density at radius 1 is 1.03 bits per heavy atom. The summed E-state index contributed by atoms with van der Waals surface area (Å²) >= 11 is 1.19. The zero-order valence-corrected chi connectivity index (χ0v) is 18.2. The molecular weight excluding hydrogens is 434 g/mol. The highest BCUT2D eigenvalue weighted by Crippen LogP contribution is 2.24. The van der Waals surface area contributed by atoms with E-state index < -0.39 is 30.2 Å². The molecule has 0 aliphatic carbocycles. The van der Waals surface area contributed by atoms with Gasteiger partial charge in [-0.1, -0.05) is 23.5 Å². The maximum atomic E-state index is 12.7. The van der Waals surface area contributed by atoms with E-state index in [4.69, 9.17) is 9.47 Å². The third kappa shape index (κ3) is 3.92. The van der Waals surface area contributed by atoms with Gasteiger partial charge in [0, 0.05) is 0 Å². The van der Waals surface area contributed by atoms with Gasteiger partial charge < -0.3 is 14.0 Å². The summed E-state index contributed by atoms with van der Waals surface area (Å²) in [5, 5.41) is 0. The molecule has 0 bridgehead atoms. The van der Waals surface area contributed by atoms with Gasteiger partial charge >= 0.3 is 5.97 Å². The van der Waals surface area contributed by atoms with Crippen LogP contribution in [0.5, 0.6) is 5.75 Å². The van der Waals surface area contributed by atoms with Crippen molar-refractivity contribution < 1.29 is 28.7 Å². The molecule has 3 amide bonds. The third-order valence-electron chi connectivity index (χ3n) is 4.87. The summed E-state index contributed by atoms with van der Waals surface area (Å²) in [6, 6.07) is 11.7. The number of benzene rings is 2. The highest BCUT2D eigenvalue weighted by Gasteiger charge is 2.36. The number of thiazole rings is 1. The summed E-state index contributed by atoms with van der Waals surface area (Å²) in [6.45, 7) is 1.29. The minimum absolute atomic E-state index is 0.140. The molecular formula is C22H19N3O6S. The lowest BCUT2D eigenvalue weighted by Crippen LogP contribution is -2.35. The van der Waals surface area contributed by atoms with Gasteiger partial charge in [-0.25, -0.2) is 0 Å². The molecule has 1 aliphatic rings. The van der Waals surface area contributed by atoms with Crippen molar-refractivity contribution in [1.29, 1.82) is 0 Å². The number of ether oxygens (including phenoxy) is 2. The van der Waals surface area contributed by atoms with Crippen LogP contribution in [-0.4, -0.2) is 53.4 Å². The minimum Gasteiger partial charge on any atom is -0.497 e. The molecule has 32 heavy (non-hydrogen) atoms. The first kappa shape index (κ1) is 21.4. The number of fused-ring (bicyclic) bond motifs is 2. The fourth-order valence-corrected chi connectivity index (χ4v) is 4.49. The Hall–Kier alpha value is -3.79. The zero-order valence-electron chi connectivity index (χ0n) is 17.4. The molecule has 4 rings (SSSR count). The van der Waals surface area contributed by atoms with Crippen LogP contribution in [0.3, 0.4) is 0 Å². The van der Waals surface area contributed by atoms with Crippen molar-refractivity contribution in [2.24, 2.45) is 4.99 Å². The Labute approximate surface area is 186 Å². The van der Waals surface area contributed by atoms with Crippen molar-refractivity contribution in [1.82, 2.24) is 9.47 Å². The average molecular weight is 453 g/mol. The fourth-order valence-electron chi connectivity index (χ4n) is 3.41. The molecule has 1 aromatic heterocycles. The molecule has 0 fully saturated rings. The Bertz CT molecular complexity index is 1290. The van der Waals surface area contributed by atoms with Crippen LogP contribution in [0.25, 0.3) is 10.2 Å². The number of imide groups is 1. The summed E-state index contributed by atoms with van der Waals surface area (Å²) in [5.41, 5.74) is 1.20. The van der Waals surface area contributed by atoms with Crippen molar-refractivity contribution >= 4 is 45.2 Å². The first-order valence-corrected chi connectivity index (χ1v) is 10.6. The molecule has 0 saturated heterocycles. The maximum absolute atomic E-state index is 12.7. The summed E-state index contributed by atoms with van der Waals surface area (Å²) < 4.78 is 12.6. The second-order valence-corrected chi connectivity index (χ2v) is 7.87. The Morgan fingerprint density at radius 2 is 1.72 bits per heavy atom. The molecule has 2 aromatic carbocycles. The smallest absolute Gasteiger partial charge is 0.326 e. The van der Waals surface area contributed by atoms with Gasteiger partial charge in [0.1, 0.15) is 18.8 Å². The number of carbonyl (C=O) groups is 4. The molecule has 2 heterocycles. The molecule has 164 valence electrons. The second kappa shape index (κ2) is 8.75. The van der Waals surface area contributed by atoms with E-state index in [1.54, 1.807) is 61.1 Å². The highest BCUT2D eigenvalue weighted by molar-refractivity contribution is 7.16. The molecule has 0 N–H and O–H groups in total. The number of nitrogens with zero attached hydrogens (tertiary/aromatic N) is 3. The molecule has 9 nitrogen and oxygen atoms in total. The summed E-state index contributed by atoms with van der Waals surface area (Å²) in [4.78, 5) is 55.1. The number of hydrogen-bond acceptors (Lipinski definition) is 7. The normalized spacial score (nSPS) is 13.6. The summed E-state index contributed by atoms with van der Waals surface area (Å²) in [5.74, 6) is -1.61. The van der Waals surface area contributed by atoms with E-state index in [0.717, 1.165) is 9.60 Å². The number of rotatable bonds is 6. The van der Waals surface area contributed by atoms with Gasteiger partial charge in [0.2, 0.25) is 0 Å². The van der Waals surface area contributed by atoms with E-state index >= 15 is 0 Å². The topological polar surface area (TPSA) is 107 Å². The molecule has 1 aliphatic heterocycles. The van der Waals surface area contributed by atoms with E-state index in [1.807, 2.05) is 0 Å². The van der Waals surface area contributed by atoms with Crippen LogP contribution < -0.4 is 9.54 Å². The molecule has 0 spiro atoms. The Balaban J connectivity index is 1.68. The first-order chi connectivity index (χ1) is 15.4. The standard InChI is InChI=1S/C22H19N3O6S/c1-3-31-19(27)12-24-16-9-8-13(30-2)10-17(16)32-22(24)23-18(26)11-25-20(28)14-6-4-5-7-15(14)21(25)29/h4-10H,3,11-12H2,1-2H3. The van der Waals surface area contributed by atoms with Crippen LogP contribution in [0.4, 0.5) is 0 Å². The van der Waals surface area contributed by atoms with E-state index in [1.165, 1.54) is 11.3 Å². The zero-order chi connectivity index (χ0) is 22.8. The SMILES string of the molecule is CCOC(=O)Cn1c(=NC(=O)CN2C(=O)c3ccccc3C2=O)sc2cc(OC)ccc21. The number of aromatic nitrogens is 1. The van der Waals surface area contributed by atoms with Crippen LogP contribution in [0, 0.1) is 0 Å². The molecule has 0 radical (unpaired) electrons. The van der Waals surface area contributed by atoms with E-state index in [0.29, 0.717) is 11.3 Å². The average Bonchev–Trinajstić information content (AvgIpc) is 3.23. The predicted molar refractivity (Wildman–Crippen MR) is 115 cm³/mol. The highest BCUT2D eigenvalue weighted by atomic mass is 32.1.